The van der Waals surface area contributed by atoms with Gasteiger partial charge in [0, 0.05) is 43.5 Å². The lowest BCUT2D eigenvalue weighted by Crippen LogP contribution is -2.52. The fourth-order valence-corrected chi connectivity index (χ4v) is 5.47. The second-order valence-electron chi connectivity index (χ2n) is 9.94. The maximum atomic E-state index is 15.0. The molecule has 4 heterocycles. The molecule has 0 saturated carbocycles. The first-order valence-corrected chi connectivity index (χ1v) is 12.5. The molecule has 10 heteroatoms. The lowest BCUT2D eigenvalue weighted by Gasteiger charge is -2.29. The van der Waals surface area contributed by atoms with Gasteiger partial charge >= 0.3 is 0 Å². The minimum Gasteiger partial charge on any atom is -0.486 e. The van der Waals surface area contributed by atoms with Crippen LogP contribution in [0, 0.1) is 17.1 Å². The molecule has 192 valence electrons. The highest BCUT2D eigenvalue weighted by molar-refractivity contribution is 6.05. The van der Waals surface area contributed by atoms with Crippen LogP contribution in [0.15, 0.2) is 42.5 Å². The second-order valence-corrected chi connectivity index (χ2v) is 9.94. The van der Waals surface area contributed by atoms with Crippen LogP contribution in [-0.2, 0) is 22.7 Å². The molecule has 0 spiro atoms. The van der Waals surface area contributed by atoms with Gasteiger partial charge in [0.1, 0.15) is 23.9 Å². The summed E-state index contributed by atoms with van der Waals surface area (Å²) in [5, 5.41) is 12.3. The summed E-state index contributed by atoms with van der Waals surface area (Å²) < 4.78 is 21.0. The standard InChI is InChI=1S/C28H24FN5O4/c29-22-11-21-18(14-34(28(21)37)24-5-6-26(35)32-27(24)36)10-25(22)38-20-7-8-33(15-20)13-16-1-4-23-17(9-16)2-3-19(12-30)31-23/h1-4,9-11,20,24H,5-8,13-15H2,(H,32,35,36)/t20-,24?/m0/s1. The molecule has 0 bridgehead atoms. The summed E-state index contributed by atoms with van der Waals surface area (Å²) in [6.07, 6.45) is 0.947. The number of hydrogen-bond donors (Lipinski definition) is 1. The van der Waals surface area contributed by atoms with E-state index in [-0.39, 0.29) is 42.7 Å². The minimum atomic E-state index is -0.747. The number of rotatable bonds is 5. The van der Waals surface area contributed by atoms with Gasteiger partial charge in [-0.1, -0.05) is 6.07 Å². The van der Waals surface area contributed by atoms with Crippen LogP contribution in [0.1, 0.15) is 46.4 Å². The largest absolute Gasteiger partial charge is 0.486 e. The number of fused-ring (bicyclic) bond motifs is 2. The highest BCUT2D eigenvalue weighted by Gasteiger charge is 2.40. The van der Waals surface area contributed by atoms with Crippen LogP contribution in [0.5, 0.6) is 5.75 Å². The number of likely N-dealkylation sites (tertiary alicyclic amines) is 1. The minimum absolute atomic E-state index is 0.0959. The summed E-state index contributed by atoms with van der Waals surface area (Å²) in [4.78, 5) is 44.6. The summed E-state index contributed by atoms with van der Waals surface area (Å²) in [6.45, 7) is 2.29. The van der Waals surface area contributed by atoms with Gasteiger partial charge in [0.05, 0.1) is 5.52 Å². The Kier molecular flexibility index (Phi) is 6.00. The van der Waals surface area contributed by atoms with Crippen LogP contribution in [-0.4, -0.2) is 57.7 Å². The number of nitrogens with one attached hydrogen (secondary N) is 1. The first-order valence-electron chi connectivity index (χ1n) is 12.5. The number of ether oxygens (including phenoxy) is 1. The molecular formula is C28H24FN5O4. The number of nitrogens with zero attached hydrogens (tertiary/aromatic N) is 4. The topological polar surface area (TPSA) is 116 Å². The van der Waals surface area contributed by atoms with Gasteiger partial charge < -0.3 is 9.64 Å². The van der Waals surface area contributed by atoms with Gasteiger partial charge in [-0.05, 0) is 60.4 Å². The maximum absolute atomic E-state index is 15.0. The normalized spacial score (nSPS) is 21.5. The Balaban J connectivity index is 1.11. The molecule has 2 fully saturated rings. The van der Waals surface area contributed by atoms with E-state index in [9.17, 15) is 18.8 Å². The van der Waals surface area contributed by atoms with Crippen LogP contribution >= 0.6 is 0 Å². The van der Waals surface area contributed by atoms with Crippen molar-refractivity contribution in [2.24, 2.45) is 0 Å². The van der Waals surface area contributed by atoms with Gasteiger partial charge in [0.25, 0.3) is 5.91 Å². The van der Waals surface area contributed by atoms with Crippen LogP contribution in [0.4, 0.5) is 4.39 Å². The van der Waals surface area contributed by atoms with E-state index in [0.29, 0.717) is 24.3 Å². The number of aromatic nitrogens is 1. The van der Waals surface area contributed by atoms with E-state index >= 15 is 0 Å². The Hall–Kier alpha value is -4.36. The fraction of sp³-hybridized carbons (Fsp3) is 0.321. The molecule has 1 aromatic heterocycles. The van der Waals surface area contributed by atoms with E-state index in [0.717, 1.165) is 29.4 Å². The first-order chi connectivity index (χ1) is 18.4. The predicted molar refractivity (Wildman–Crippen MR) is 133 cm³/mol. The molecule has 3 aliphatic rings. The third-order valence-electron chi connectivity index (χ3n) is 7.37. The van der Waals surface area contributed by atoms with Crippen molar-refractivity contribution in [1.82, 2.24) is 20.1 Å². The quantitative estimate of drug-likeness (QED) is 0.522. The van der Waals surface area contributed by atoms with Crippen molar-refractivity contribution in [3.05, 3.63) is 70.7 Å². The smallest absolute Gasteiger partial charge is 0.255 e. The molecule has 0 radical (unpaired) electrons. The highest BCUT2D eigenvalue weighted by atomic mass is 19.1. The molecule has 3 amide bonds. The van der Waals surface area contributed by atoms with E-state index < -0.39 is 23.7 Å². The van der Waals surface area contributed by atoms with E-state index in [1.54, 1.807) is 12.1 Å². The number of halogens is 1. The van der Waals surface area contributed by atoms with Crippen molar-refractivity contribution in [3.8, 4) is 11.8 Å². The monoisotopic (exact) mass is 513 g/mol. The molecule has 2 saturated heterocycles. The molecule has 9 nitrogen and oxygen atoms in total. The Morgan fingerprint density at radius 1 is 1.13 bits per heavy atom. The average Bonchev–Trinajstić information content (AvgIpc) is 3.47. The Morgan fingerprint density at radius 2 is 2.00 bits per heavy atom. The zero-order valence-corrected chi connectivity index (χ0v) is 20.4. The summed E-state index contributed by atoms with van der Waals surface area (Å²) in [5.74, 6) is -1.78. The van der Waals surface area contributed by atoms with E-state index in [1.165, 1.54) is 11.0 Å². The number of carbonyl (C=O) groups excluding carboxylic acids is 3. The number of hydrogen-bond acceptors (Lipinski definition) is 7. The molecule has 3 aliphatic heterocycles. The molecule has 38 heavy (non-hydrogen) atoms. The van der Waals surface area contributed by atoms with Crippen molar-refractivity contribution in [2.45, 2.75) is 44.5 Å². The summed E-state index contributed by atoms with van der Waals surface area (Å²) in [5.41, 5.74) is 3.10. The van der Waals surface area contributed by atoms with Crippen LogP contribution in [0.3, 0.4) is 0 Å². The number of amides is 3. The number of piperidine rings is 1. The molecule has 2 aromatic carbocycles. The molecule has 6 rings (SSSR count). The van der Waals surface area contributed by atoms with Gasteiger partial charge in [-0.2, -0.15) is 5.26 Å². The summed E-state index contributed by atoms with van der Waals surface area (Å²) in [7, 11) is 0. The van der Waals surface area contributed by atoms with Crippen molar-refractivity contribution in [2.75, 3.05) is 13.1 Å². The average molecular weight is 514 g/mol. The van der Waals surface area contributed by atoms with Gasteiger partial charge in [-0.15, -0.1) is 0 Å². The summed E-state index contributed by atoms with van der Waals surface area (Å²) >= 11 is 0. The van der Waals surface area contributed by atoms with Crippen LogP contribution in [0.2, 0.25) is 0 Å². The van der Waals surface area contributed by atoms with Crippen molar-refractivity contribution in [3.63, 3.8) is 0 Å². The van der Waals surface area contributed by atoms with Gasteiger partial charge in [-0.25, -0.2) is 9.37 Å². The fourth-order valence-electron chi connectivity index (χ4n) is 5.47. The predicted octanol–water partition coefficient (Wildman–Crippen LogP) is 2.66. The zero-order chi connectivity index (χ0) is 26.4. The van der Waals surface area contributed by atoms with Gasteiger partial charge in [-0.3, -0.25) is 24.6 Å². The van der Waals surface area contributed by atoms with Crippen molar-refractivity contribution < 1.29 is 23.5 Å². The molecular weight excluding hydrogens is 489 g/mol. The van der Waals surface area contributed by atoms with E-state index in [1.807, 2.05) is 18.2 Å². The third kappa shape index (κ3) is 4.46. The summed E-state index contributed by atoms with van der Waals surface area (Å²) in [6, 6.07) is 13.6. The van der Waals surface area contributed by atoms with Crippen LogP contribution < -0.4 is 10.1 Å². The number of benzene rings is 2. The van der Waals surface area contributed by atoms with E-state index in [2.05, 4.69) is 27.3 Å². The highest BCUT2D eigenvalue weighted by Crippen LogP contribution is 2.33. The molecule has 2 atom stereocenters. The number of pyridine rings is 1. The van der Waals surface area contributed by atoms with Crippen LogP contribution in [0.25, 0.3) is 10.9 Å². The van der Waals surface area contributed by atoms with Crippen molar-refractivity contribution in [1.29, 1.82) is 5.26 Å². The second kappa shape index (κ2) is 9.50. The Bertz CT molecular complexity index is 1530. The van der Waals surface area contributed by atoms with E-state index in [4.69, 9.17) is 10.00 Å². The maximum Gasteiger partial charge on any atom is 0.255 e. The SMILES string of the molecule is N#Cc1ccc2cc(CN3CC[C@H](Oc4cc5c(cc4F)C(=O)N(C4CCC(=O)NC4=O)C5)C3)ccc2n1. The number of carbonyl (C=O) groups is 3. The number of nitriles is 1. The van der Waals surface area contributed by atoms with Gasteiger partial charge in [0.2, 0.25) is 11.8 Å². The molecule has 1 unspecified atom stereocenters. The molecule has 3 aromatic rings. The first kappa shape index (κ1) is 24.0. The lowest BCUT2D eigenvalue weighted by atomic mass is 10.0. The number of imide groups is 1. The third-order valence-corrected chi connectivity index (χ3v) is 7.37. The molecule has 1 N–H and O–H groups in total. The van der Waals surface area contributed by atoms with Crippen molar-refractivity contribution >= 4 is 28.6 Å². The zero-order valence-electron chi connectivity index (χ0n) is 20.4. The van der Waals surface area contributed by atoms with Gasteiger partial charge in [0.15, 0.2) is 11.6 Å². The Labute approximate surface area is 217 Å². The Morgan fingerprint density at radius 3 is 2.82 bits per heavy atom. The molecule has 0 aliphatic carbocycles. The lowest BCUT2D eigenvalue weighted by molar-refractivity contribution is -0.136.